The molecular formula is C10H21N5. The average Bonchev–Trinajstić information content (AvgIpc) is 2.59. The Balaban J connectivity index is 2.68. The van der Waals surface area contributed by atoms with Crippen LogP contribution >= 0.6 is 0 Å². The molecule has 0 saturated carbocycles. The molecule has 0 spiro atoms. The summed E-state index contributed by atoms with van der Waals surface area (Å²) in [6.45, 7) is 2.21. The molecule has 5 nitrogen and oxygen atoms in total. The summed E-state index contributed by atoms with van der Waals surface area (Å²) in [4.78, 5) is 7.84. The first-order valence-corrected chi connectivity index (χ1v) is 5.43. The molecule has 0 saturated heterocycles. The fraction of sp³-hybridized carbons (Fsp3) is 0.700. The third kappa shape index (κ3) is 3.62. The minimum atomic E-state index is 0.633. The van der Waals surface area contributed by atoms with E-state index in [0.717, 1.165) is 43.0 Å². The Bertz CT molecular complexity index is 258. The molecule has 0 radical (unpaired) electrons. The first-order chi connectivity index (χ1) is 7.31. The average molecular weight is 211 g/mol. The minimum Gasteiger partial charge on any atom is -0.346 e. The van der Waals surface area contributed by atoms with E-state index in [9.17, 15) is 0 Å². The number of nitrogens with zero attached hydrogens (tertiary/aromatic N) is 1. The zero-order chi connectivity index (χ0) is 11.1. The van der Waals surface area contributed by atoms with Crippen molar-refractivity contribution in [3.05, 3.63) is 17.2 Å². The second-order valence-corrected chi connectivity index (χ2v) is 3.54. The Morgan fingerprint density at radius 1 is 1.20 bits per heavy atom. The van der Waals surface area contributed by atoms with Crippen molar-refractivity contribution in [2.45, 2.75) is 19.3 Å². The molecule has 86 valence electrons. The fourth-order valence-corrected chi connectivity index (χ4v) is 1.56. The van der Waals surface area contributed by atoms with Gasteiger partial charge in [0.15, 0.2) is 0 Å². The van der Waals surface area contributed by atoms with Gasteiger partial charge in [0, 0.05) is 31.5 Å². The highest BCUT2D eigenvalue weighted by Crippen LogP contribution is 2.07. The van der Waals surface area contributed by atoms with Gasteiger partial charge in [0.05, 0.1) is 5.69 Å². The lowest BCUT2D eigenvalue weighted by Crippen LogP contribution is -2.11. The number of nitrogens with two attached hydrogens (primary N) is 2. The molecule has 1 heterocycles. The topological polar surface area (TPSA) is 92.8 Å². The van der Waals surface area contributed by atoms with Crippen LogP contribution in [0.15, 0.2) is 0 Å². The molecule has 0 aromatic carbocycles. The molecule has 0 fully saturated rings. The predicted molar refractivity (Wildman–Crippen MR) is 61.7 cm³/mol. The van der Waals surface area contributed by atoms with Gasteiger partial charge in [0.25, 0.3) is 0 Å². The van der Waals surface area contributed by atoms with Gasteiger partial charge in [-0.25, -0.2) is 4.98 Å². The molecule has 0 amide bonds. The Labute approximate surface area is 90.6 Å². The van der Waals surface area contributed by atoms with Crippen LogP contribution in [0.3, 0.4) is 0 Å². The lowest BCUT2D eigenvalue weighted by molar-refractivity contribution is 0.760. The maximum absolute atomic E-state index is 5.54. The maximum Gasteiger partial charge on any atom is 0.107 e. The Hall–Kier alpha value is -0.910. The second kappa shape index (κ2) is 6.55. The molecule has 1 aromatic heterocycles. The van der Waals surface area contributed by atoms with Crippen molar-refractivity contribution in [2.75, 3.05) is 26.7 Å². The monoisotopic (exact) mass is 211 g/mol. The molecule has 0 unspecified atom stereocenters. The second-order valence-electron chi connectivity index (χ2n) is 3.54. The standard InChI is InChI=1S/C10H21N5/c1-13-7-4-10-14-8(2-5-11)9(15-10)3-6-12/h13H,2-7,11-12H2,1H3,(H,14,15). The Kier molecular flexibility index (Phi) is 5.31. The third-order valence-corrected chi connectivity index (χ3v) is 2.30. The molecule has 1 aromatic rings. The van der Waals surface area contributed by atoms with Crippen molar-refractivity contribution >= 4 is 0 Å². The van der Waals surface area contributed by atoms with Crippen molar-refractivity contribution in [3.63, 3.8) is 0 Å². The molecular weight excluding hydrogens is 190 g/mol. The lowest BCUT2D eigenvalue weighted by atomic mass is 10.2. The van der Waals surface area contributed by atoms with Crippen LogP contribution < -0.4 is 16.8 Å². The number of aromatic nitrogens is 2. The van der Waals surface area contributed by atoms with E-state index in [2.05, 4.69) is 15.3 Å². The molecule has 0 aliphatic carbocycles. The van der Waals surface area contributed by atoms with Crippen LogP contribution in [-0.4, -0.2) is 36.6 Å². The number of H-pyrrole nitrogens is 1. The number of hydrogen-bond acceptors (Lipinski definition) is 4. The van der Waals surface area contributed by atoms with Crippen LogP contribution in [-0.2, 0) is 19.3 Å². The molecule has 5 heteroatoms. The molecule has 1 rings (SSSR count). The maximum atomic E-state index is 5.54. The van der Waals surface area contributed by atoms with Crippen molar-refractivity contribution in [3.8, 4) is 0 Å². The zero-order valence-corrected chi connectivity index (χ0v) is 9.34. The van der Waals surface area contributed by atoms with Gasteiger partial charge in [-0.3, -0.25) is 0 Å². The summed E-state index contributed by atoms with van der Waals surface area (Å²) in [5, 5.41) is 3.10. The smallest absolute Gasteiger partial charge is 0.107 e. The number of rotatable bonds is 7. The first-order valence-electron chi connectivity index (χ1n) is 5.43. The van der Waals surface area contributed by atoms with Crippen molar-refractivity contribution in [1.82, 2.24) is 15.3 Å². The molecule has 0 atom stereocenters. The van der Waals surface area contributed by atoms with Gasteiger partial charge in [-0.2, -0.15) is 0 Å². The van der Waals surface area contributed by atoms with Gasteiger partial charge in [-0.05, 0) is 20.1 Å². The van der Waals surface area contributed by atoms with Crippen molar-refractivity contribution < 1.29 is 0 Å². The summed E-state index contributed by atoms with van der Waals surface area (Å²) in [7, 11) is 1.94. The summed E-state index contributed by atoms with van der Waals surface area (Å²) in [6, 6.07) is 0. The summed E-state index contributed by atoms with van der Waals surface area (Å²) < 4.78 is 0. The summed E-state index contributed by atoms with van der Waals surface area (Å²) in [6.07, 6.45) is 2.59. The minimum absolute atomic E-state index is 0.633. The first kappa shape index (κ1) is 12.2. The van der Waals surface area contributed by atoms with Gasteiger partial charge in [-0.1, -0.05) is 0 Å². The van der Waals surface area contributed by atoms with Crippen molar-refractivity contribution in [2.24, 2.45) is 11.5 Å². The summed E-state index contributed by atoms with van der Waals surface area (Å²) in [5.74, 6) is 1.02. The SMILES string of the molecule is CNCCc1nc(CCN)c(CCN)[nH]1. The van der Waals surface area contributed by atoms with Crippen molar-refractivity contribution in [1.29, 1.82) is 0 Å². The number of hydrogen-bond donors (Lipinski definition) is 4. The lowest BCUT2D eigenvalue weighted by Gasteiger charge is -1.97. The van der Waals surface area contributed by atoms with Gasteiger partial charge < -0.3 is 21.8 Å². The van der Waals surface area contributed by atoms with E-state index in [1.54, 1.807) is 0 Å². The molecule has 6 N–H and O–H groups in total. The number of nitrogens with one attached hydrogen (secondary N) is 2. The van der Waals surface area contributed by atoms with Crippen LogP contribution in [0.2, 0.25) is 0 Å². The van der Waals surface area contributed by atoms with E-state index >= 15 is 0 Å². The van der Waals surface area contributed by atoms with Gasteiger partial charge in [0.1, 0.15) is 5.82 Å². The highest BCUT2D eigenvalue weighted by Gasteiger charge is 2.08. The third-order valence-electron chi connectivity index (χ3n) is 2.30. The van der Waals surface area contributed by atoms with Crippen LogP contribution in [0.5, 0.6) is 0 Å². The van der Waals surface area contributed by atoms with E-state index < -0.39 is 0 Å². The quantitative estimate of drug-likeness (QED) is 0.474. The normalized spacial score (nSPS) is 10.9. The largest absolute Gasteiger partial charge is 0.346 e. The highest BCUT2D eigenvalue weighted by atomic mass is 14.9. The van der Waals surface area contributed by atoms with Crippen LogP contribution in [0.4, 0.5) is 0 Å². The van der Waals surface area contributed by atoms with E-state index in [0.29, 0.717) is 13.1 Å². The van der Waals surface area contributed by atoms with Gasteiger partial charge >= 0.3 is 0 Å². The summed E-state index contributed by atoms with van der Waals surface area (Å²) in [5.41, 5.74) is 13.3. The van der Waals surface area contributed by atoms with E-state index in [1.807, 2.05) is 7.05 Å². The Morgan fingerprint density at radius 3 is 2.53 bits per heavy atom. The predicted octanol–water partition coefficient (Wildman–Crippen LogP) is -0.826. The van der Waals surface area contributed by atoms with Gasteiger partial charge in [0.2, 0.25) is 0 Å². The van der Waals surface area contributed by atoms with Gasteiger partial charge in [-0.15, -0.1) is 0 Å². The fourth-order valence-electron chi connectivity index (χ4n) is 1.56. The molecule has 0 bridgehead atoms. The summed E-state index contributed by atoms with van der Waals surface area (Å²) >= 11 is 0. The Morgan fingerprint density at radius 2 is 1.93 bits per heavy atom. The highest BCUT2D eigenvalue weighted by molar-refractivity contribution is 5.16. The molecule has 15 heavy (non-hydrogen) atoms. The van der Waals surface area contributed by atoms with Crippen LogP contribution in [0, 0.1) is 0 Å². The van der Waals surface area contributed by atoms with E-state index in [4.69, 9.17) is 11.5 Å². The number of aromatic amines is 1. The van der Waals surface area contributed by atoms with Crippen LogP contribution in [0.25, 0.3) is 0 Å². The number of likely N-dealkylation sites (N-methyl/N-ethyl adjacent to an activating group) is 1. The van der Waals surface area contributed by atoms with Crippen LogP contribution in [0.1, 0.15) is 17.2 Å². The van der Waals surface area contributed by atoms with E-state index in [-0.39, 0.29) is 0 Å². The molecule has 0 aliphatic rings. The zero-order valence-electron chi connectivity index (χ0n) is 9.34. The number of imidazole rings is 1. The van der Waals surface area contributed by atoms with E-state index in [1.165, 1.54) is 0 Å². The molecule has 0 aliphatic heterocycles.